The van der Waals surface area contributed by atoms with E-state index in [9.17, 15) is 0 Å². The van der Waals surface area contributed by atoms with Crippen LogP contribution in [-0.4, -0.2) is 47.3 Å². The van der Waals surface area contributed by atoms with Crippen molar-refractivity contribution in [2.75, 3.05) is 31.2 Å². The quantitative estimate of drug-likeness (QED) is 0.914. The largest absolute Gasteiger partial charge is 0.378 e. The van der Waals surface area contributed by atoms with E-state index >= 15 is 0 Å². The molecule has 1 atom stereocenters. The standard InChI is InChI=1S/C16H21N5OS/c1-2-14-12(9-13(1)18-11-15-17-3-8-23-15)10-19-16(20-14)21-4-6-22-7-5-21/h3,8,10,13,18H,1-2,4-7,9,11H2/t13-/m1/s1. The third-order valence-electron chi connectivity index (χ3n) is 4.46. The Morgan fingerprint density at radius 1 is 1.30 bits per heavy atom. The molecule has 2 aliphatic rings. The van der Waals surface area contributed by atoms with Crippen LogP contribution in [0.3, 0.4) is 0 Å². The van der Waals surface area contributed by atoms with E-state index in [4.69, 9.17) is 9.72 Å². The molecule has 6 nitrogen and oxygen atoms in total. The van der Waals surface area contributed by atoms with Crippen molar-refractivity contribution in [3.63, 3.8) is 0 Å². The van der Waals surface area contributed by atoms with Crippen LogP contribution in [0.25, 0.3) is 0 Å². The van der Waals surface area contributed by atoms with Crippen molar-refractivity contribution in [1.82, 2.24) is 20.3 Å². The molecule has 0 radical (unpaired) electrons. The zero-order valence-corrected chi connectivity index (χ0v) is 13.9. The van der Waals surface area contributed by atoms with Gasteiger partial charge in [0.25, 0.3) is 0 Å². The minimum absolute atomic E-state index is 0.490. The van der Waals surface area contributed by atoms with E-state index in [1.807, 2.05) is 17.8 Å². The van der Waals surface area contributed by atoms with Crippen LogP contribution < -0.4 is 10.2 Å². The molecule has 2 aromatic rings. The van der Waals surface area contributed by atoms with Crippen molar-refractivity contribution in [2.24, 2.45) is 0 Å². The van der Waals surface area contributed by atoms with Crippen molar-refractivity contribution in [2.45, 2.75) is 31.8 Å². The lowest BCUT2D eigenvalue weighted by Crippen LogP contribution is -2.38. The Kier molecular flexibility index (Phi) is 4.50. The molecule has 1 saturated heterocycles. The van der Waals surface area contributed by atoms with Gasteiger partial charge < -0.3 is 15.0 Å². The molecule has 3 heterocycles. The minimum Gasteiger partial charge on any atom is -0.378 e. The molecule has 0 saturated carbocycles. The van der Waals surface area contributed by atoms with E-state index in [-0.39, 0.29) is 0 Å². The lowest BCUT2D eigenvalue weighted by molar-refractivity contribution is 0.122. The number of aromatic nitrogens is 3. The first-order valence-electron chi connectivity index (χ1n) is 8.18. The van der Waals surface area contributed by atoms with Crippen LogP contribution in [0.1, 0.15) is 22.7 Å². The normalized spacial score (nSPS) is 21.2. The average Bonchev–Trinajstić information content (AvgIpc) is 3.14. The van der Waals surface area contributed by atoms with Gasteiger partial charge in [-0.05, 0) is 24.8 Å². The molecule has 0 bridgehead atoms. The number of hydrogen-bond acceptors (Lipinski definition) is 7. The number of hydrogen-bond donors (Lipinski definition) is 1. The van der Waals surface area contributed by atoms with Gasteiger partial charge in [0.05, 0.1) is 13.2 Å². The number of morpholine rings is 1. The Balaban J connectivity index is 1.39. The van der Waals surface area contributed by atoms with Gasteiger partial charge in [-0.25, -0.2) is 15.0 Å². The number of thiazole rings is 1. The first-order chi connectivity index (χ1) is 11.4. The molecule has 1 fully saturated rings. The number of ether oxygens (including phenoxy) is 1. The fourth-order valence-corrected chi connectivity index (χ4v) is 3.73. The molecule has 7 heteroatoms. The predicted octanol–water partition coefficient (Wildman–Crippen LogP) is 1.42. The van der Waals surface area contributed by atoms with Gasteiger partial charge in [0, 0.05) is 49.1 Å². The summed E-state index contributed by atoms with van der Waals surface area (Å²) < 4.78 is 5.40. The van der Waals surface area contributed by atoms with Gasteiger partial charge in [-0.3, -0.25) is 0 Å². The summed E-state index contributed by atoms with van der Waals surface area (Å²) in [6, 6.07) is 0.490. The van der Waals surface area contributed by atoms with Gasteiger partial charge in [0.15, 0.2) is 0 Å². The van der Waals surface area contributed by atoms with E-state index in [0.717, 1.165) is 63.1 Å². The third-order valence-corrected chi connectivity index (χ3v) is 5.24. The van der Waals surface area contributed by atoms with E-state index < -0.39 is 0 Å². The average molecular weight is 331 g/mol. The second-order valence-corrected chi connectivity index (χ2v) is 6.97. The molecule has 0 amide bonds. The zero-order valence-electron chi connectivity index (χ0n) is 13.1. The maximum Gasteiger partial charge on any atom is 0.225 e. The highest BCUT2D eigenvalue weighted by molar-refractivity contribution is 7.09. The number of nitrogens with one attached hydrogen (secondary N) is 1. The lowest BCUT2D eigenvalue weighted by atomic mass is 9.93. The topological polar surface area (TPSA) is 63.2 Å². The minimum atomic E-state index is 0.490. The molecular formula is C16H21N5OS. The molecular weight excluding hydrogens is 310 g/mol. The first-order valence-corrected chi connectivity index (χ1v) is 9.06. The Bertz CT molecular complexity index is 642. The summed E-state index contributed by atoms with van der Waals surface area (Å²) in [6.07, 6.45) is 7.02. The molecule has 1 aliphatic heterocycles. The third kappa shape index (κ3) is 3.52. The maximum absolute atomic E-state index is 5.40. The monoisotopic (exact) mass is 331 g/mol. The zero-order chi connectivity index (χ0) is 15.5. The van der Waals surface area contributed by atoms with Gasteiger partial charge in [-0.1, -0.05) is 0 Å². The summed E-state index contributed by atoms with van der Waals surface area (Å²) in [5.74, 6) is 0.862. The van der Waals surface area contributed by atoms with Gasteiger partial charge in [0.1, 0.15) is 5.01 Å². The van der Waals surface area contributed by atoms with Crippen molar-refractivity contribution in [3.8, 4) is 0 Å². The highest BCUT2D eigenvalue weighted by Crippen LogP contribution is 2.22. The van der Waals surface area contributed by atoms with Crippen molar-refractivity contribution < 1.29 is 4.74 Å². The number of anilines is 1. The van der Waals surface area contributed by atoms with Crippen molar-refractivity contribution in [1.29, 1.82) is 0 Å². The molecule has 23 heavy (non-hydrogen) atoms. The Morgan fingerprint density at radius 2 is 2.22 bits per heavy atom. The van der Waals surface area contributed by atoms with E-state index in [1.54, 1.807) is 11.3 Å². The Morgan fingerprint density at radius 3 is 3.04 bits per heavy atom. The molecule has 1 N–H and O–H groups in total. The van der Waals surface area contributed by atoms with Crippen LogP contribution in [0.4, 0.5) is 5.95 Å². The van der Waals surface area contributed by atoms with Crippen LogP contribution in [-0.2, 0) is 24.1 Å². The van der Waals surface area contributed by atoms with Crippen molar-refractivity contribution >= 4 is 17.3 Å². The number of nitrogens with zero attached hydrogens (tertiary/aromatic N) is 4. The van der Waals surface area contributed by atoms with Gasteiger partial charge in [0.2, 0.25) is 5.95 Å². The Hall–Kier alpha value is -1.57. The molecule has 122 valence electrons. The van der Waals surface area contributed by atoms with Crippen LogP contribution in [0.5, 0.6) is 0 Å². The highest BCUT2D eigenvalue weighted by Gasteiger charge is 2.22. The fourth-order valence-electron chi connectivity index (χ4n) is 3.16. The Labute approximate surface area is 139 Å². The van der Waals surface area contributed by atoms with Crippen LogP contribution in [0, 0.1) is 0 Å². The maximum atomic E-state index is 5.40. The molecule has 1 aliphatic carbocycles. The molecule has 0 aromatic carbocycles. The summed E-state index contributed by atoms with van der Waals surface area (Å²) in [5, 5.41) is 6.78. The first kappa shape index (κ1) is 15.0. The second-order valence-electron chi connectivity index (χ2n) is 5.99. The van der Waals surface area contributed by atoms with Crippen molar-refractivity contribution in [3.05, 3.63) is 34.0 Å². The van der Waals surface area contributed by atoms with Gasteiger partial charge in [-0.15, -0.1) is 11.3 Å². The molecule has 0 spiro atoms. The van der Waals surface area contributed by atoms with Crippen LogP contribution >= 0.6 is 11.3 Å². The summed E-state index contributed by atoms with van der Waals surface area (Å²) in [5.41, 5.74) is 2.50. The molecule has 2 aromatic heterocycles. The van der Waals surface area contributed by atoms with Gasteiger partial charge >= 0.3 is 0 Å². The number of rotatable bonds is 4. The van der Waals surface area contributed by atoms with E-state index in [2.05, 4.69) is 20.2 Å². The summed E-state index contributed by atoms with van der Waals surface area (Å²) in [7, 11) is 0. The molecule has 0 unspecified atom stereocenters. The molecule has 4 rings (SSSR count). The number of aryl methyl sites for hydroxylation is 1. The fraction of sp³-hybridized carbons (Fsp3) is 0.562. The lowest BCUT2D eigenvalue weighted by Gasteiger charge is -2.29. The SMILES string of the molecule is c1csc(CN[C@@H]2CCc3nc(N4CCOCC4)ncc3C2)n1. The van der Waals surface area contributed by atoms with Gasteiger partial charge in [-0.2, -0.15) is 0 Å². The highest BCUT2D eigenvalue weighted by atomic mass is 32.1. The van der Waals surface area contributed by atoms with E-state index in [1.165, 1.54) is 11.3 Å². The second kappa shape index (κ2) is 6.90. The van der Waals surface area contributed by atoms with E-state index in [0.29, 0.717) is 6.04 Å². The van der Waals surface area contributed by atoms with Crippen LogP contribution in [0.2, 0.25) is 0 Å². The summed E-state index contributed by atoms with van der Waals surface area (Å²) >= 11 is 1.70. The smallest absolute Gasteiger partial charge is 0.225 e. The van der Waals surface area contributed by atoms with Crippen LogP contribution in [0.15, 0.2) is 17.8 Å². The number of fused-ring (bicyclic) bond motifs is 1. The summed E-state index contributed by atoms with van der Waals surface area (Å²) in [6.45, 7) is 4.16. The summed E-state index contributed by atoms with van der Waals surface area (Å²) in [4.78, 5) is 15.9. The predicted molar refractivity (Wildman–Crippen MR) is 89.8 cm³/mol.